The number of carboxylic acids is 2. The van der Waals surface area contributed by atoms with Gasteiger partial charge in [0.1, 0.15) is 54.1 Å². The van der Waals surface area contributed by atoms with Gasteiger partial charge < -0.3 is 92.3 Å². The number of carbonyl (C=O) groups excluding carboxylic acids is 8. The van der Waals surface area contributed by atoms with Crippen molar-refractivity contribution in [2.45, 2.75) is 179 Å². The second-order valence-electron chi connectivity index (χ2n) is 22.0. The Morgan fingerprint density at radius 2 is 0.885 bits per heavy atom. The average Bonchev–Trinajstić information content (AvgIpc) is 3.67. The van der Waals surface area contributed by atoms with Gasteiger partial charge in [0.2, 0.25) is 47.3 Å². The van der Waals surface area contributed by atoms with Crippen molar-refractivity contribution in [1.82, 2.24) is 42.5 Å². The van der Waals surface area contributed by atoms with E-state index in [4.69, 9.17) is 34.4 Å². The summed E-state index contributed by atoms with van der Waals surface area (Å²) in [5.74, 6) is -11.7. The van der Waals surface area contributed by atoms with Gasteiger partial charge in [0.25, 0.3) is 0 Å². The smallest absolute Gasteiger partial charge is 0.326 e. The number of aromatic hydroxyl groups is 1. The van der Waals surface area contributed by atoms with Gasteiger partial charge in [-0.1, -0.05) is 96.8 Å². The standard InChI is InChI=1S/C58H94N16O13/c1-7-33(5)46(74-55(85)47(34(6)8-2)73-48(78)38(60)18-14-26-65-57(61)62)54(84)71-42(30-36-21-23-37(75)24-22-36)51(81)70-43(31-45(76)77)53(83)68-40(20-15-27-66-58(63)64)49(79)67-39(19-12-13-25-59)50(80)69-41(29-35-16-10-9-11-17-35)52(82)72-44(56(86)87)28-32(3)4/h9-11,16-17,21-24,32-34,38-44,46-47,75H,7-8,12-15,18-20,25-31,59-60H2,1-6H3,(H,67,79)(H,68,83)(H,69,80)(H,70,81)(H,71,84)(H,72,82)(H,73,78)(H,74,85)(H,76,77)(H,86,87)(H4,61,62,65)(H4,63,64,66)/t33-,34-,38-,39-,40-,41-,42-,43-,44-,46-,47-/m0/s1. The maximum Gasteiger partial charge on any atom is 0.326 e. The molecule has 0 radical (unpaired) electrons. The molecular weight excluding hydrogens is 1130 g/mol. The molecular formula is C58H94N16O13. The van der Waals surface area contributed by atoms with Crippen LogP contribution in [0.5, 0.6) is 5.75 Å². The highest BCUT2D eigenvalue weighted by molar-refractivity contribution is 5.99. The van der Waals surface area contributed by atoms with Gasteiger partial charge >= 0.3 is 11.9 Å². The molecule has 0 unspecified atom stereocenters. The van der Waals surface area contributed by atoms with Crippen molar-refractivity contribution in [3.63, 3.8) is 0 Å². The number of rotatable bonds is 41. The van der Waals surface area contributed by atoms with Gasteiger partial charge in [0.05, 0.1) is 12.5 Å². The fourth-order valence-electron chi connectivity index (χ4n) is 8.93. The Kier molecular flexibility index (Phi) is 33.5. The van der Waals surface area contributed by atoms with E-state index in [1.165, 1.54) is 24.3 Å². The van der Waals surface area contributed by atoms with E-state index >= 15 is 0 Å². The van der Waals surface area contributed by atoms with Crippen LogP contribution in [0.4, 0.5) is 0 Å². The van der Waals surface area contributed by atoms with E-state index in [1.807, 2.05) is 0 Å². The molecule has 0 fully saturated rings. The van der Waals surface area contributed by atoms with Crippen LogP contribution in [0.25, 0.3) is 0 Å². The Hall–Kier alpha value is -8.60. The van der Waals surface area contributed by atoms with Crippen LogP contribution < -0.4 is 76.9 Å². The number of nitrogens with one attached hydrogen (secondary N) is 8. The minimum atomic E-state index is -1.93. The molecule has 8 amide bonds. The Bertz CT molecular complexity index is 2620. The zero-order chi connectivity index (χ0) is 65.3. The highest BCUT2D eigenvalue weighted by Crippen LogP contribution is 2.17. The molecule has 2 rings (SSSR count). The van der Waals surface area contributed by atoms with Gasteiger partial charge in [-0.15, -0.1) is 0 Å². The Labute approximate surface area is 508 Å². The Morgan fingerprint density at radius 3 is 1.34 bits per heavy atom. The third-order valence-electron chi connectivity index (χ3n) is 14.3. The number of phenols is 1. The number of carboxylic acid groups (broad SMARTS) is 2. The molecule has 0 aromatic heterocycles. The van der Waals surface area contributed by atoms with E-state index in [0.717, 1.165) is 0 Å². The summed E-state index contributed by atoms with van der Waals surface area (Å²) < 4.78 is 0. The first-order chi connectivity index (χ1) is 41.1. The summed E-state index contributed by atoms with van der Waals surface area (Å²) in [7, 11) is 0. The predicted molar refractivity (Wildman–Crippen MR) is 326 cm³/mol. The molecule has 0 saturated heterocycles. The van der Waals surface area contributed by atoms with E-state index in [-0.39, 0.29) is 94.6 Å². The molecule has 0 bridgehead atoms. The molecule has 0 aliphatic heterocycles. The van der Waals surface area contributed by atoms with Crippen molar-refractivity contribution in [3.05, 3.63) is 65.7 Å². The third kappa shape index (κ3) is 28.4. The number of aliphatic carboxylic acids is 2. The van der Waals surface area contributed by atoms with Crippen molar-refractivity contribution in [1.29, 1.82) is 0 Å². The van der Waals surface area contributed by atoms with E-state index in [2.05, 4.69) is 52.5 Å². The van der Waals surface area contributed by atoms with Gasteiger partial charge in [-0.3, -0.25) is 53.1 Å². The minimum Gasteiger partial charge on any atom is -0.508 e. The molecule has 29 heteroatoms. The van der Waals surface area contributed by atoms with Crippen molar-refractivity contribution in [2.75, 3.05) is 19.6 Å². The lowest BCUT2D eigenvalue weighted by atomic mass is 9.94. The van der Waals surface area contributed by atoms with Gasteiger partial charge in [-0.2, -0.15) is 0 Å². The molecule has 0 aliphatic rings. The van der Waals surface area contributed by atoms with Gasteiger partial charge in [0.15, 0.2) is 11.9 Å². The van der Waals surface area contributed by atoms with Crippen LogP contribution in [-0.2, 0) is 60.8 Å². The van der Waals surface area contributed by atoms with Crippen LogP contribution in [0.3, 0.4) is 0 Å². The van der Waals surface area contributed by atoms with Crippen LogP contribution in [0, 0.1) is 17.8 Å². The molecule has 23 N–H and O–H groups in total. The van der Waals surface area contributed by atoms with Crippen molar-refractivity contribution < 1.29 is 63.3 Å². The summed E-state index contributed by atoms with van der Waals surface area (Å²) in [4.78, 5) is 146. The molecule has 2 aromatic rings. The Balaban J connectivity index is 2.59. The number of phenolic OH excluding ortho intramolecular Hbond substituents is 1. The number of hydrogen-bond donors (Lipinski definition) is 17. The average molecular weight is 1220 g/mol. The summed E-state index contributed by atoms with van der Waals surface area (Å²) in [5.41, 5.74) is 34.8. The van der Waals surface area contributed by atoms with Gasteiger partial charge in [-0.05, 0) is 98.9 Å². The van der Waals surface area contributed by atoms with Crippen molar-refractivity contribution in [3.8, 4) is 5.75 Å². The molecule has 87 heavy (non-hydrogen) atoms. The highest BCUT2D eigenvalue weighted by atomic mass is 16.4. The number of nitrogens with two attached hydrogens (primary N) is 6. The fourth-order valence-corrected chi connectivity index (χ4v) is 8.93. The number of unbranched alkanes of at least 4 members (excludes halogenated alkanes) is 1. The lowest BCUT2D eigenvalue weighted by Gasteiger charge is -2.31. The van der Waals surface area contributed by atoms with Crippen LogP contribution in [0.2, 0.25) is 0 Å². The second kappa shape index (κ2) is 39.2. The molecule has 29 nitrogen and oxygen atoms in total. The maximum atomic E-state index is 14.6. The molecule has 0 aliphatic carbocycles. The predicted octanol–water partition coefficient (Wildman–Crippen LogP) is -1.68. The zero-order valence-electron chi connectivity index (χ0n) is 50.7. The molecule has 484 valence electrons. The van der Waals surface area contributed by atoms with E-state index in [1.54, 1.807) is 71.9 Å². The summed E-state index contributed by atoms with van der Waals surface area (Å²) in [6.45, 7) is 10.9. The van der Waals surface area contributed by atoms with E-state index < -0.39 is 132 Å². The van der Waals surface area contributed by atoms with E-state index in [0.29, 0.717) is 36.8 Å². The van der Waals surface area contributed by atoms with Crippen LogP contribution in [0.15, 0.2) is 64.6 Å². The molecule has 0 heterocycles. The minimum absolute atomic E-state index is 0.0327. The normalized spacial score (nSPS) is 14.9. The number of hydrogen-bond acceptors (Lipinski definition) is 15. The Morgan fingerprint density at radius 1 is 0.483 bits per heavy atom. The first-order valence-electron chi connectivity index (χ1n) is 29.4. The number of aliphatic imine (C=N–C) groups is 2. The topological polar surface area (TPSA) is 508 Å². The summed E-state index contributed by atoms with van der Waals surface area (Å²) in [6, 6.07) is 1.49. The van der Waals surface area contributed by atoms with Crippen molar-refractivity contribution >= 4 is 71.1 Å². The number of carbonyl (C=O) groups is 10. The highest BCUT2D eigenvalue weighted by Gasteiger charge is 2.37. The quantitative estimate of drug-likeness (QED) is 0.0201. The number of benzene rings is 2. The first-order valence-corrected chi connectivity index (χ1v) is 29.4. The van der Waals surface area contributed by atoms with E-state index in [9.17, 15) is 63.3 Å². The third-order valence-corrected chi connectivity index (χ3v) is 14.3. The van der Waals surface area contributed by atoms with Gasteiger partial charge in [-0.25, -0.2) is 4.79 Å². The number of nitrogens with zero attached hydrogens (tertiary/aromatic N) is 2. The van der Waals surface area contributed by atoms with Crippen LogP contribution in [0.1, 0.15) is 123 Å². The monoisotopic (exact) mass is 1220 g/mol. The molecule has 0 spiro atoms. The summed E-state index contributed by atoms with van der Waals surface area (Å²) in [5, 5.41) is 51.0. The molecule has 11 atom stereocenters. The zero-order valence-corrected chi connectivity index (χ0v) is 50.7. The number of guanidine groups is 2. The van der Waals surface area contributed by atoms with Crippen molar-refractivity contribution in [2.24, 2.45) is 62.1 Å². The van der Waals surface area contributed by atoms with Gasteiger partial charge in [0, 0.05) is 25.9 Å². The van der Waals surface area contributed by atoms with Crippen LogP contribution in [-0.4, -0.2) is 160 Å². The molecule has 2 aromatic carbocycles. The summed E-state index contributed by atoms with van der Waals surface area (Å²) in [6.07, 6.45) is 0.416. The lowest BCUT2D eigenvalue weighted by Crippen LogP contribution is -2.62. The lowest BCUT2D eigenvalue weighted by molar-refractivity contribution is -0.143. The maximum absolute atomic E-state index is 14.6. The van der Waals surface area contributed by atoms with Crippen LogP contribution >= 0.6 is 0 Å². The number of amides is 8. The summed E-state index contributed by atoms with van der Waals surface area (Å²) >= 11 is 0. The SMILES string of the molecule is CC[C@H](C)[C@H](NC(=O)[C@@H](NC(=O)[C@@H](N)CCCN=C(N)N)[C@@H](C)CC)C(=O)N[C@@H](Cc1ccc(O)cc1)C(=O)N[C@@H](CC(=O)O)C(=O)N[C@@H](CCCN=C(N)N)C(=O)N[C@@H](CCCCN)C(=O)N[C@@H](Cc1ccccc1)C(=O)N[C@@H](CC(C)C)C(=O)O. The fraction of sp³-hybridized carbons (Fsp3) is 0.586. The largest absolute Gasteiger partial charge is 0.508 e. The molecule has 0 saturated carbocycles. The second-order valence-corrected chi connectivity index (χ2v) is 22.0. The first kappa shape index (κ1) is 74.5.